The topological polar surface area (TPSA) is 67.5 Å². The van der Waals surface area contributed by atoms with Gasteiger partial charge in [0, 0.05) is 49.9 Å². The standard InChI is InChI=1S/C23H25N5O/c24-20-3-1-17(2-4-20)18-13-19-16-28(23-15-25-6-7-26-23)8-5-21(19)22(14-18)27-9-11-29-12-10-27/h1-4,6-7,13-15H,5,8-12,16,24H2. The maximum absolute atomic E-state index is 5.90. The zero-order chi connectivity index (χ0) is 19.6. The normalized spacial score (nSPS) is 16.6. The Bertz CT molecular complexity index is 984. The van der Waals surface area contributed by atoms with Crippen LogP contribution in [0.25, 0.3) is 11.1 Å². The van der Waals surface area contributed by atoms with Crippen LogP contribution < -0.4 is 15.5 Å². The van der Waals surface area contributed by atoms with E-state index in [4.69, 9.17) is 10.5 Å². The van der Waals surface area contributed by atoms with Gasteiger partial charge >= 0.3 is 0 Å². The molecule has 3 heterocycles. The lowest BCUT2D eigenvalue weighted by Gasteiger charge is -2.36. The molecule has 1 aromatic heterocycles. The highest BCUT2D eigenvalue weighted by atomic mass is 16.5. The first-order chi connectivity index (χ1) is 14.3. The fraction of sp³-hybridized carbons (Fsp3) is 0.304. The largest absolute Gasteiger partial charge is 0.399 e. The molecule has 6 nitrogen and oxygen atoms in total. The molecule has 0 radical (unpaired) electrons. The number of hydrogen-bond donors (Lipinski definition) is 1. The molecule has 0 aliphatic carbocycles. The van der Waals surface area contributed by atoms with Gasteiger partial charge < -0.3 is 20.3 Å². The molecule has 2 aromatic carbocycles. The van der Waals surface area contributed by atoms with E-state index in [1.54, 1.807) is 12.4 Å². The first-order valence-corrected chi connectivity index (χ1v) is 10.1. The number of aromatic nitrogens is 2. The summed E-state index contributed by atoms with van der Waals surface area (Å²) in [5.74, 6) is 0.934. The van der Waals surface area contributed by atoms with Crippen LogP contribution in [0.1, 0.15) is 11.1 Å². The summed E-state index contributed by atoms with van der Waals surface area (Å²) >= 11 is 0. The van der Waals surface area contributed by atoms with E-state index >= 15 is 0 Å². The van der Waals surface area contributed by atoms with Gasteiger partial charge in [-0.1, -0.05) is 12.1 Å². The number of nitrogens with zero attached hydrogens (tertiary/aromatic N) is 4. The third-order valence-electron chi connectivity index (χ3n) is 5.78. The van der Waals surface area contributed by atoms with Gasteiger partial charge in [0.05, 0.1) is 19.4 Å². The van der Waals surface area contributed by atoms with E-state index in [1.165, 1.54) is 27.9 Å². The SMILES string of the molecule is Nc1ccc(-c2cc3c(c(N4CCOCC4)c2)CCN(c2cnccn2)C3)cc1. The van der Waals surface area contributed by atoms with Crippen molar-refractivity contribution in [3.8, 4) is 11.1 Å². The van der Waals surface area contributed by atoms with Crippen LogP contribution in [0, 0.1) is 0 Å². The number of morpholine rings is 1. The summed E-state index contributed by atoms with van der Waals surface area (Å²) in [7, 11) is 0. The highest BCUT2D eigenvalue weighted by Gasteiger charge is 2.24. The Balaban J connectivity index is 1.56. The van der Waals surface area contributed by atoms with Crippen molar-refractivity contribution in [1.29, 1.82) is 0 Å². The summed E-state index contributed by atoms with van der Waals surface area (Å²) in [4.78, 5) is 13.5. The van der Waals surface area contributed by atoms with Crippen molar-refractivity contribution in [2.75, 3.05) is 48.4 Å². The Morgan fingerprint density at radius 3 is 2.48 bits per heavy atom. The van der Waals surface area contributed by atoms with Gasteiger partial charge in [-0.25, -0.2) is 4.98 Å². The van der Waals surface area contributed by atoms with Crippen LogP contribution in [0.15, 0.2) is 55.0 Å². The predicted molar refractivity (Wildman–Crippen MR) is 116 cm³/mol. The number of nitrogen functional groups attached to an aromatic ring is 1. The van der Waals surface area contributed by atoms with Crippen molar-refractivity contribution in [3.63, 3.8) is 0 Å². The molecule has 29 heavy (non-hydrogen) atoms. The number of nitrogens with two attached hydrogens (primary N) is 1. The van der Waals surface area contributed by atoms with Gasteiger partial charge in [0.2, 0.25) is 0 Å². The first-order valence-electron chi connectivity index (χ1n) is 10.1. The molecular formula is C23H25N5O. The van der Waals surface area contributed by atoms with E-state index in [-0.39, 0.29) is 0 Å². The summed E-state index contributed by atoms with van der Waals surface area (Å²) in [6.45, 7) is 5.23. The van der Waals surface area contributed by atoms with E-state index < -0.39 is 0 Å². The van der Waals surface area contributed by atoms with Crippen LogP contribution >= 0.6 is 0 Å². The van der Waals surface area contributed by atoms with Crippen LogP contribution in [-0.4, -0.2) is 42.8 Å². The molecule has 1 saturated heterocycles. The molecule has 0 saturated carbocycles. The number of ether oxygens (including phenoxy) is 1. The average molecular weight is 387 g/mol. The van der Waals surface area contributed by atoms with E-state index in [0.29, 0.717) is 0 Å². The van der Waals surface area contributed by atoms with Crippen molar-refractivity contribution < 1.29 is 4.74 Å². The number of anilines is 3. The molecule has 2 aliphatic heterocycles. The summed E-state index contributed by atoms with van der Waals surface area (Å²) in [5, 5.41) is 0. The van der Waals surface area contributed by atoms with Gasteiger partial charge in [-0.3, -0.25) is 4.98 Å². The van der Waals surface area contributed by atoms with E-state index in [2.05, 4.69) is 44.0 Å². The molecule has 0 atom stereocenters. The lowest BCUT2D eigenvalue weighted by Crippen LogP contribution is -2.38. The molecule has 0 spiro atoms. The number of benzene rings is 2. The van der Waals surface area contributed by atoms with Crippen molar-refractivity contribution in [2.24, 2.45) is 0 Å². The Hall–Kier alpha value is -3.12. The molecule has 2 aliphatic rings. The van der Waals surface area contributed by atoms with Gasteiger partial charge in [0.25, 0.3) is 0 Å². The fourth-order valence-electron chi connectivity index (χ4n) is 4.26. The van der Waals surface area contributed by atoms with Crippen molar-refractivity contribution in [2.45, 2.75) is 13.0 Å². The van der Waals surface area contributed by atoms with Crippen LogP contribution in [0.2, 0.25) is 0 Å². The molecule has 3 aromatic rings. The Kier molecular flexibility index (Phi) is 4.77. The smallest absolute Gasteiger partial charge is 0.147 e. The number of rotatable bonds is 3. The van der Waals surface area contributed by atoms with Crippen LogP contribution in [0.4, 0.5) is 17.2 Å². The Morgan fingerprint density at radius 2 is 1.72 bits per heavy atom. The molecule has 2 N–H and O–H groups in total. The van der Waals surface area contributed by atoms with Gasteiger partial charge in [-0.2, -0.15) is 0 Å². The lowest BCUT2D eigenvalue weighted by molar-refractivity contribution is 0.122. The minimum Gasteiger partial charge on any atom is -0.399 e. The summed E-state index contributed by atoms with van der Waals surface area (Å²) in [5.41, 5.74) is 13.3. The molecule has 0 unspecified atom stereocenters. The van der Waals surface area contributed by atoms with Crippen molar-refractivity contribution >= 4 is 17.2 Å². The second kappa shape index (κ2) is 7.72. The molecule has 5 rings (SSSR count). The number of fused-ring (bicyclic) bond motifs is 1. The predicted octanol–water partition coefficient (Wildman–Crippen LogP) is 3.13. The van der Waals surface area contributed by atoms with Gasteiger partial charge in [-0.15, -0.1) is 0 Å². The summed E-state index contributed by atoms with van der Waals surface area (Å²) < 4.78 is 5.59. The third kappa shape index (κ3) is 3.63. The zero-order valence-corrected chi connectivity index (χ0v) is 16.4. The Morgan fingerprint density at radius 1 is 0.897 bits per heavy atom. The Labute approximate surface area is 171 Å². The molecule has 6 heteroatoms. The minimum atomic E-state index is 0.784. The van der Waals surface area contributed by atoms with E-state index in [1.807, 2.05) is 18.3 Å². The summed E-state index contributed by atoms with van der Waals surface area (Å²) in [6, 6.07) is 12.8. The third-order valence-corrected chi connectivity index (χ3v) is 5.78. The van der Waals surface area contributed by atoms with Crippen molar-refractivity contribution in [3.05, 3.63) is 66.1 Å². The van der Waals surface area contributed by atoms with E-state index in [0.717, 1.165) is 57.3 Å². The fourth-order valence-corrected chi connectivity index (χ4v) is 4.26. The highest BCUT2D eigenvalue weighted by molar-refractivity contribution is 5.74. The highest BCUT2D eigenvalue weighted by Crippen LogP contribution is 2.36. The van der Waals surface area contributed by atoms with Crippen LogP contribution in [-0.2, 0) is 17.7 Å². The van der Waals surface area contributed by atoms with Crippen molar-refractivity contribution in [1.82, 2.24) is 9.97 Å². The molecule has 1 fully saturated rings. The minimum absolute atomic E-state index is 0.784. The zero-order valence-electron chi connectivity index (χ0n) is 16.4. The van der Waals surface area contributed by atoms with E-state index in [9.17, 15) is 0 Å². The maximum Gasteiger partial charge on any atom is 0.147 e. The molecule has 148 valence electrons. The average Bonchev–Trinajstić information content (AvgIpc) is 2.79. The monoisotopic (exact) mass is 387 g/mol. The number of hydrogen-bond acceptors (Lipinski definition) is 6. The lowest BCUT2D eigenvalue weighted by atomic mass is 9.92. The molecule has 0 bridgehead atoms. The maximum atomic E-state index is 5.90. The second-order valence-corrected chi connectivity index (χ2v) is 7.59. The van der Waals surface area contributed by atoms with Crippen LogP contribution in [0.5, 0.6) is 0 Å². The summed E-state index contributed by atoms with van der Waals surface area (Å²) in [6.07, 6.45) is 6.32. The van der Waals surface area contributed by atoms with Gasteiger partial charge in [0.1, 0.15) is 5.82 Å². The second-order valence-electron chi connectivity index (χ2n) is 7.59. The first kappa shape index (κ1) is 17.9. The quantitative estimate of drug-likeness (QED) is 0.697. The molecule has 0 amide bonds. The van der Waals surface area contributed by atoms with Gasteiger partial charge in [0.15, 0.2) is 0 Å². The van der Waals surface area contributed by atoms with Crippen LogP contribution in [0.3, 0.4) is 0 Å². The van der Waals surface area contributed by atoms with Gasteiger partial charge in [-0.05, 0) is 52.9 Å². The molecular weight excluding hydrogens is 362 g/mol.